The van der Waals surface area contributed by atoms with Gasteiger partial charge in [-0.1, -0.05) is 12.1 Å². The maximum atomic E-state index is 6.07. The van der Waals surface area contributed by atoms with Crippen LogP contribution < -0.4 is 10.1 Å². The molecule has 0 bridgehead atoms. The number of methoxy groups -OCH3 is 1. The number of ether oxygens (including phenoxy) is 1. The number of para-hydroxylation sites is 1. The van der Waals surface area contributed by atoms with Crippen molar-refractivity contribution in [3.05, 3.63) is 84.5 Å². The van der Waals surface area contributed by atoms with Gasteiger partial charge in [0.25, 0.3) is 0 Å². The maximum Gasteiger partial charge on any atom is 0.136 e. The average Bonchev–Trinajstić information content (AvgIpc) is 3.15. The zero-order valence-electron chi connectivity index (χ0n) is 13.2. The molecular weight excluding hydrogens is 300 g/mol. The number of hydrogen-bond acceptors (Lipinski definition) is 3. The Kier molecular flexibility index (Phi) is 3.63. The van der Waals surface area contributed by atoms with Gasteiger partial charge in [-0.2, -0.15) is 5.10 Å². The summed E-state index contributed by atoms with van der Waals surface area (Å²) in [7, 11) is 1.66. The van der Waals surface area contributed by atoms with Crippen molar-refractivity contribution in [1.82, 2.24) is 4.68 Å². The largest absolute Gasteiger partial charge is 0.497 e. The summed E-state index contributed by atoms with van der Waals surface area (Å²) in [6.07, 6.45) is 3.82. The quantitative estimate of drug-likeness (QED) is 0.566. The van der Waals surface area contributed by atoms with Gasteiger partial charge >= 0.3 is 0 Å². The number of nitrogens with zero attached hydrogens (tertiary/aromatic N) is 2. The molecule has 0 saturated heterocycles. The van der Waals surface area contributed by atoms with Crippen LogP contribution in [0.3, 0.4) is 0 Å². The molecule has 4 rings (SSSR count). The minimum Gasteiger partial charge on any atom is -0.497 e. The summed E-state index contributed by atoms with van der Waals surface area (Å²) in [6, 6.07) is 21.6. The fraction of sp³-hybridized carbons (Fsp3) is 0.0500. The molecule has 118 valence electrons. The van der Waals surface area contributed by atoms with Crippen molar-refractivity contribution in [2.24, 2.45) is 5.10 Å². The Morgan fingerprint density at radius 1 is 0.917 bits per heavy atom. The van der Waals surface area contributed by atoms with Crippen LogP contribution in [-0.4, -0.2) is 11.8 Å². The summed E-state index contributed by atoms with van der Waals surface area (Å²) in [4.78, 5) is 0. The van der Waals surface area contributed by atoms with Gasteiger partial charge in [0.05, 0.1) is 12.5 Å². The van der Waals surface area contributed by atoms with Crippen molar-refractivity contribution in [2.45, 2.75) is 0 Å². The van der Waals surface area contributed by atoms with Crippen molar-refractivity contribution in [2.75, 3.05) is 7.11 Å². The molecule has 0 aliphatic heterocycles. The van der Waals surface area contributed by atoms with E-state index in [0.717, 1.165) is 33.4 Å². The van der Waals surface area contributed by atoms with Crippen LogP contribution in [0.2, 0.25) is 0 Å². The molecule has 24 heavy (non-hydrogen) atoms. The number of fused-ring (bicyclic) bond motifs is 1. The molecule has 0 spiro atoms. The Labute approximate surface area is 139 Å². The fourth-order valence-electron chi connectivity index (χ4n) is 2.61. The van der Waals surface area contributed by atoms with E-state index in [2.05, 4.69) is 5.10 Å². The molecule has 0 aliphatic rings. The zero-order chi connectivity index (χ0) is 16.4. The summed E-state index contributed by atoms with van der Waals surface area (Å²) < 4.78 is 13.1. The van der Waals surface area contributed by atoms with Crippen LogP contribution in [0.5, 0.6) is 5.75 Å². The van der Waals surface area contributed by atoms with Crippen LogP contribution in [0.4, 0.5) is 0 Å². The molecule has 2 heterocycles. The maximum absolute atomic E-state index is 6.07. The molecular formula is C20H16N2O2. The van der Waals surface area contributed by atoms with Gasteiger partial charge in [0, 0.05) is 29.4 Å². The standard InChI is InChI=1S/C20H16N2O2/c1-23-16-10-8-15(9-11-16)20-14-18(21-22-12-4-5-13-22)17-6-2-3-7-19(17)24-20/h2-14H,1H3/b21-18-. The minimum absolute atomic E-state index is 0.766. The van der Waals surface area contributed by atoms with Crippen molar-refractivity contribution < 1.29 is 9.15 Å². The van der Waals surface area contributed by atoms with Gasteiger partial charge in [-0.3, -0.25) is 0 Å². The second-order valence-electron chi connectivity index (χ2n) is 5.38. The summed E-state index contributed by atoms with van der Waals surface area (Å²) in [5.41, 5.74) is 1.78. The van der Waals surface area contributed by atoms with E-state index in [-0.39, 0.29) is 0 Å². The molecule has 2 aromatic carbocycles. The number of hydrogen-bond donors (Lipinski definition) is 0. The highest BCUT2D eigenvalue weighted by atomic mass is 16.5. The van der Waals surface area contributed by atoms with Crippen molar-refractivity contribution in [3.8, 4) is 17.1 Å². The van der Waals surface area contributed by atoms with Gasteiger partial charge < -0.3 is 9.15 Å². The molecule has 0 radical (unpaired) electrons. The Hall–Kier alpha value is -3.27. The third kappa shape index (κ3) is 2.70. The lowest BCUT2D eigenvalue weighted by Crippen LogP contribution is -2.06. The van der Waals surface area contributed by atoms with E-state index in [0.29, 0.717) is 0 Å². The van der Waals surface area contributed by atoms with E-state index in [1.807, 2.05) is 79.1 Å². The Morgan fingerprint density at radius 3 is 2.42 bits per heavy atom. The summed E-state index contributed by atoms with van der Waals surface area (Å²) in [6.45, 7) is 0. The van der Waals surface area contributed by atoms with Gasteiger partial charge in [-0.05, 0) is 48.5 Å². The molecule has 0 fully saturated rings. The number of rotatable bonds is 3. The van der Waals surface area contributed by atoms with Crippen molar-refractivity contribution in [1.29, 1.82) is 0 Å². The number of benzene rings is 2. The van der Waals surface area contributed by atoms with Gasteiger partial charge in [0.1, 0.15) is 17.1 Å². The fourth-order valence-corrected chi connectivity index (χ4v) is 2.61. The van der Waals surface area contributed by atoms with E-state index >= 15 is 0 Å². The van der Waals surface area contributed by atoms with E-state index in [1.54, 1.807) is 11.8 Å². The van der Waals surface area contributed by atoms with Gasteiger partial charge in [0.2, 0.25) is 0 Å². The Bertz CT molecular complexity index is 1030. The smallest absolute Gasteiger partial charge is 0.136 e. The summed E-state index contributed by atoms with van der Waals surface area (Å²) in [5, 5.41) is 6.52. The topological polar surface area (TPSA) is 39.7 Å². The first-order valence-electron chi connectivity index (χ1n) is 7.69. The van der Waals surface area contributed by atoms with Gasteiger partial charge in [-0.15, -0.1) is 0 Å². The SMILES string of the molecule is COc1ccc(-c2c/c(=N/n3cccc3)c3ccccc3o2)cc1. The molecule has 0 aliphatic carbocycles. The first-order chi connectivity index (χ1) is 11.8. The van der Waals surface area contributed by atoms with Crippen LogP contribution in [0, 0.1) is 0 Å². The zero-order valence-corrected chi connectivity index (χ0v) is 13.2. The highest BCUT2D eigenvalue weighted by Gasteiger charge is 2.06. The molecule has 0 amide bonds. The first-order valence-corrected chi connectivity index (χ1v) is 7.69. The van der Waals surface area contributed by atoms with Crippen LogP contribution in [0.25, 0.3) is 22.3 Å². The number of aromatic nitrogens is 1. The minimum atomic E-state index is 0.766. The third-order valence-electron chi connectivity index (χ3n) is 3.84. The molecule has 2 aromatic heterocycles. The van der Waals surface area contributed by atoms with Gasteiger partial charge in [0.15, 0.2) is 0 Å². The molecule has 4 nitrogen and oxygen atoms in total. The van der Waals surface area contributed by atoms with E-state index in [9.17, 15) is 0 Å². The summed E-state index contributed by atoms with van der Waals surface area (Å²) in [5.74, 6) is 1.58. The molecule has 0 N–H and O–H groups in total. The Balaban J connectivity index is 1.94. The predicted octanol–water partition coefficient (Wildman–Crippen LogP) is 4.27. The predicted molar refractivity (Wildman–Crippen MR) is 93.6 cm³/mol. The van der Waals surface area contributed by atoms with Gasteiger partial charge in [-0.25, -0.2) is 4.68 Å². The molecule has 0 unspecified atom stereocenters. The van der Waals surface area contributed by atoms with E-state index in [1.165, 1.54) is 0 Å². The second-order valence-corrected chi connectivity index (χ2v) is 5.38. The molecule has 4 aromatic rings. The van der Waals surface area contributed by atoms with Crippen molar-refractivity contribution in [3.63, 3.8) is 0 Å². The highest BCUT2D eigenvalue weighted by molar-refractivity contribution is 5.78. The van der Waals surface area contributed by atoms with E-state index < -0.39 is 0 Å². The lowest BCUT2D eigenvalue weighted by atomic mass is 10.1. The lowest BCUT2D eigenvalue weighted by molar-refractivity contribution is 0.415. The van der Waals surface area contributed by atoms with Crippen molar-refractivity contribution >= 4 is 11.0 Å². The van der Waals surface area contributed by atoms with Crippen LogP contribution in [-0.2, 0) is 0 Å². The first kappa shape index (κ1) is 14.3. The summed E-state index contributed by atoms with van der Waals surface area (Å²) >= 11 is 0. The average molecular weight is 316 g/mol. The highest BCUT2D eigenvalue weighted by Crippen LogP contribution is 2.24. The molecule has 4 heteroatoms. The van der Waals surface area contributed by atoms with E-state index in [4.69, 9.17) is 9.15 Å². The monoisotopic (exact) mass is 316 g/mol. The van der Waals surface area contributed by atoms with Crippen LogP contribution in [0.15, 0.2) is 88.6 Å². The lowest BCUT2D eigenvalue weighted by Gasteiger charge is -2.06. The molecule has 0 atom stereocenters. The third-order valence-corrected chi connectivity index (χ3v) is 3.84. The molecule has 0 saturated carbocycles. The van der Waals surface area contributed by atoms with Crippen LogP contribution >= 0.6 is 0 Å². The Morgan fingerprint density at radius 2 is 1.67 bits per heavy atom. The second kappa shape index (κ2) is 6.08. The normalized spacial score (nSPS) is 11.8. The van der Waals surface area contributed by atoms with Crippen LogP contribution in [0.1, 0.15) is 0 Å².